The molecule has 0 radical (unpaired) electrons. The normalized spacial score (nSPS) is 23.2. The van der Waals surface area contributed by atoms with Gasteiger partial charge in [0.25, 0.3) is 0 Å². The number of aliphatic hydroxyl groups excluding tert-OH is 1. The molecule has 0 spiro atoms. The molecule has 1 N–H and O–H groups in total. The molecule has 1 aromatic heterocycles. The molecule has 0 bridgehead atoms. The fraction of sp³-hybridized carbons (Fsp3) is 0.429. The Morgan fingerprint density at radius 2 is 2.25 bits per heavy atom. The Labute approximate surface area is 115 Å². The van der Waals surface area contributed by atoms with E-state index in [-0.39, 0.29) is 11.6 Å². The Morgan fingerprint density at radius 3 is 3.00 bits per heavy atom. The van der Waals surface area contributed by atoms with Gasteiger partial charge in [-0.2, -0.15) is 0 Å². The molecular weight excluding hydrogens is 258 g/mol. The summed E-state index contributed by atoms with van der Waals surface area (Å²) in [4.78, 5) is 24.3. The van der Waals surface area contributed by atoms with Crippen molar-refractivity contribution in [1.29, 1.82) is 0 Å². The molecule has 2 atom stereocenters. The zero-order chi connectivity index (χ0) is 14.3. The van der Waals surface area contributed by atoms with Crippen molar-refractivity contribution in [2.45, 2.75) is 25.4 Å². The minimum absolute atomic E-state index is 0.173. The van der Waals surface area contributed by atoms with Crippen LogP contribution < -0.4 is 0 Å². The number of benzene rings is 1. The van der Waals surface area contributed by atoms with Gasteiger partial charge in [0.2, 0.25) is 0 Å². The highest BCUT2D eigenvalue weighted by Gasteiger charge is 2.36. The van der Waals surface area contributed by atoms with E-state index >= 15 is 0 Å². The van der Waals surface area contributed by atoms with Crippen LogP contribution in [0.1, 0.15) is 29.6 Å². The quantitative estimate of drug-likeness (QED) is 0.648. The summed E-state index contributed by atoms with van der Waals surface area (Å²) >= 11 is 0. The lowest BCUT2D eigenvalue weighted by Crippen LogP contribution is -2.38. The fourth-order valence-electron chi connectivity index (χ4n) is 2.72. The van der Waals surface area contributed by atoms with Gasteiger partial charge in [0, 0.05) is 19.0 Å². The molecule has 6 heteroatoms. The second kappa shape index (κ2) is 4.79. The number of hydrogen-bond acceptors (Lipinski definition) is 5. The number of aromatic nitrogens is 3. The number of aryl methyl sites for hydroxylation is 1. The van der Waals surface area contributed by atoms with Gasteiger partial charge in [-0.15, -0.1) is 5.10 Å². The summed E-state index contributed by atoms with van der Waals surface area (Å²) < 4.78 is 1.62. The van der Waals surface area contributed by atoms with Crippen LogP contribution in [0.3, 0.4) is 0 Å². The topological polar surface area (TPSA) is 85.1 Å². The molecular formula is C14H15N3O3. The average molecular weight is 273 g/mol. The van der Waals surface area contributed by atoms with Gasteiger partial charge in [-0.1, -0.05) is 5.21 Å². The lowest BCUT2D eigenvalue weighted by molar-refractivity contribution is -0.126. The highest BCUT2D eigenvalue weighted by molar-refractivity contribution is 6.12. The maximum Gasteiger partial charge on any atom is 0.176 e. The average Bonchev–Trinajstić information content (AvgIpc) is 2.79. The summed E-state index contributed by atoms with van der Waals surface area (Å²) in [5, 5.41) is 17.8. The van der Waals surface area contributed by atoms with E-state index in [2.05, 4.69) is 10.3 Å². The Hall–Kier alpha value is -2.08. The van der Waals surface area contributed by atoms with Crippen molar-refractivity contribution in [1.82, 2.24) is 15.0 Å². The third-order valence-corrected chi connectivity index (χ3v) is 3.83. The summed E-state index contributed by atoms with van der Waals surface area (Å²) in [6, 6.07) is 5.03. The largest absolute Gasteiger partial charge is 0.392 e. The molecule has 1 aromatic carbocycles. The Kier molecular flexibility index (Phi) is 3.10. The summed E-state index contributed by atoms with van der Waals surface area (Å²) in [6.45, 7) is 0. The van der Waals surface area contributed by atoms with E-state index in [1.807, 2.05) is 0 Å². The van der Waals surface area contributed by atoms with Gasteiger partial charge in [0.05, 0.1) is 11.6 Å². The van der Waals surface area contributed by atoms with Crippen LogP contribution in [0.4, 0.5) is 0 Å². The molecule has 2 unspecified atom stereocenters. The molecule has 1 aliphatic rings. The maximum absolute atomic E-state index is 12.4. The first kappa shape index (κ1) is 12.9. The Balaban J connectivity index is 1.97. The molecule has 3 rings (SSSR count). The molecule has 1 saturated carbocycles. The minimum Gasteiger partial charge on any atom is -0.392 e. The smallest absolute Gasteiger partial charge is 0.176 e. The lowest BCUT2D eigenvalue weighted by atomic mass is 9.80. The number of nitrogens with zero attached hydrogens (tertiary/aromatic N) is 3. The van der Waals surface area contributed by atoms with Crippen molar-refractivity contribution in [2.24, 2.45) is 13.0 Å². The standard InChI is InChI=1S/C14H15N3O3/c1-17-10-6-5-8(7-9(10)15-16-17)14(20)13-11(18)3-2-4-12(13)19/h5-7,11,13,18H,2-4H2,1H3. The zero-order valence-corrected chi connectivity index (χ0v) is 11.1. The van der Waals surface area contributed by atoms with Crippen molar-refractivity contribution < 1.29 is 14.7 Å². The van der Waals surface area contributed by atoms with E-state index < -0.39 is 12.0 Å². The van der Waals surface area contributed by atoms with Crippen LogP contribution in [-0.2, 0) is 11.8 Å². The van der Waals surface area contributed by atoms with Crippen molar-refractivity contribution >= 4 is 22.6 Å². The predicted octanol–water partition coefficient (Wildman–Crippen LogP) is 0.881. The monoisotopic (exact) mass is 273 g/mol. The van der Waals surface area contributed by atoms with Crippen molar-refractivity contribution in [2.75, 3.05) is 0 Å². The number of hydrogen-bond donors (Lipinski definition) is 1. The van der Waals surface area contributed by atoms with Gasteiger partial charge in [-0.05, 0) is 31.0 Å². The molecule has 0 saturated heterocycles. The molecule has 0 aliphatic heterocycles. The first-order valence-corrected chi connectivity index (χ1v) is 6.62. The molecule has 0 amide bonds. The summed E-state index contributed by atoms with van der Waals surface area (Å²) in [5.74, 6) is -1.43. The second-order valence-electron chi connectivity index (χ2n) is 5.18. The highest BCUT2D eigenvalue weighted by atomic mass is 16.3. The van der Waals surface area contributed by atoms with E-state index in [1.54, 1.807) is 29.9 Å². The van der Waals surface area contributed by atoms with E-state index in [0.29, 0.717) is 30.3 Å². The van der Waals surface area contributed by atoms with Crippen LogP contribution in [0, 0.1) is 5.92 Å². The minimum atomic E-state index is -0.933. The van der Waals surface area contributed by atoms with Gasteiger partial charge < -0.3 is 5.11 Å². The third kappa shape index (κ3) is 2.02. The predicted molar refractivity (Wildman–Crippen MR) is 71.2 cm³/mol. The Morgan fingerprint density at radius 1 is 1.45 bits per heavy atom. The van der Waals surface area contributed by atoms with Crippen LogP contribution in [0.2, 0.25) is 0 Å². The van der Waals surface area contributed by atoms with Crippen molar-refractivity contribution in [3.63, 3.8) is 0 Å². The summed E-state index contributed by atoms with van der Waals surface area (Å²) in [6.07, 6.45) is 0.630. The van der Waals surface area contributed by atoms with Gasteiger partial charge in [0.1, 0.15) is 17.2 Å². The SMILES string of the molecule is Cn1nnc2cc(C(=O)C3C(=O)CCCC3O)ccc21. The molecule has 1 fully saturated rings. The summed E-state index contributed by atoms with van der Waals surface area (Å²) in [5.41, 5.74) is 1.82. The van der Waals surface area contributed by atoms with E-state index in [0.717, 1.165) is 5.52 Å². The lowest BCUT2D eigenvalue weighted by Gasteiger charge is -2.25. The highest BCUT2D eigenvalue weighted by Crippen LogP contribution is 2.26. The van der Waals surface area contributed by atoms with E-state index in [1.165, 1.54) is 0 Å². The third-order valence-electron chi connectivity index (χ3n) is 3.83. The number of ketones is 2. The first-order valence-electron chi connectivity index (χ1n) is 6.62. The molecule has 2 aromatic rings. The number of carbonyl (C=O) groups is 2. The van der Waals surface area contributed by atoms with Crippen LogP contribution in [0.5, 0.6) is 0 Å². The van der Waals surface area contributed by atoms with Crippen LogP contribution >= 0.6 is 0 Å². The molecule has 6 nitrogen and oxygen atoms in total. The van der Waals surface area contributed by atoms with E-state index in [9.17, 15) is 14.7 Å². The van der Waals surface area contributed by atoms with Crippen LogP contribution in [0.25, 0.3) is 11.0 Å². The van der Waals surface area contributed by atoms with Gasteiger partial charge in [-0.3, -0.25) is 9.59 Å². The first-order chi connectivity index (χ1) is 9.58. The number of fused-ring (bicyclic) bond motifs is 1. The Bertz CT molecular complexity index is 692. The maximum atomic E-state index is 12.4. The molecule has 104 valence electrons. The summed E-state index contributed by atoms with van der Waals surface area (Å²) in [7, 11) is 1.77. The van der Waals surface area contributed by atoms with Gasteiger partial charge in [-0.25, -0.2) is 4.68 Å². The number of aliphatic hydroxyl groups is 1. The second-order valence-corrected chi connectivity index (χ2v) is 5.18. The van der Waals surface area contributed by atoms with Gasteiger partial charge >= 0.3 is 0 Å². The zero-order valence-electron chi connectivity index (χ0n) is 11.1. The number of rotatable bonds is 2. The molecule has 1 aliphatic carbocycles. The number of Topliss-reactive ketones (excluding diaryl/α,β-unsaturated/α-hetero) is 2. The van der Waals surface area contributed by atoms with Crippen LogP contribution in [-0.4, -0.2) is 37.8 Å². The van der Waals surface area contributed by atoms with Gasteiger partial charge in [0.15, 0.2) is 5.78 Å². The fourth-order valence-corrected chi connectivity index (χ4v) is 2.72. The van der Waals surface area contributed by atoms with E-state index in [4.69, 9.17) is 0 Å². The van der Waals surface area contributed by atoms with Crippen LogP contribution in [0.15, 0.2) is 18.2 Å². The van der Waals surface area contributed by atoms with Crippen molar-refractivity contribution in [3.8, 4) is 0 Å². The molecule has 20 heavy (non-hydrogen) atoms. The molecule has 1 heterocycles. The van der Waals surface area contributed by atoms with Crippen molar-refractivity contribution in [3.05, 3.63) is 23.8 Å². The number of carbonyl (C=O) groups excluding carboxylic acids is 2.